The number of hydrogen-bond acceptors (Lipinski definition) is 8. The summed E-state index contributed by atoms with van der Waals surface area (Å²) in [6, 6.07) is 17.6. The molecule has 0 spiro atoms. The number of para-hydroxylation sites is 1. The first-order chi connectivity index (χ1) is 16.6. The van der Waals surface area contributed by atoms with Gasteiger partial charge in [0.2, 0.25) is 0 Å². The first-order valence-corrected chi connectivity index (χ1v) is 12.5. The van der Waals surface area contributed by atoms with E-state index in [1.807, 2.05) is 18.2 Å². The number of amides is 1. The number of benzene rings is 2. The molecule has 0 aliphatic carbocycles. The molecule has 0 aliphatic heterocycles. The lowest BCUT2D eigenvalue weighted by atomic mass is 10.1. The second-order valence-corrected chi connectivity index (χ2v) is 10.7. The number of fused-ring (bicyclic) bond motifs is 1. The van der Waals surface area contributed by atoms with Crippen LogP contribution in [0.1, 0.15) is 13.3 Å². The molecule has 4 aromatic rings. The molecule has 182 valence electrons. The molecule has 0 fully saturated rings. The molecule has 10 nitrogen and oxygen atoms in total. The van der Waals surface area contributed by atoms with Gasteiger partial charge in [-0.2, -0.15) is 0 Å². The van der Waals surface area contributed by atoms with E-state index in [2.05, 4.69) is 5.16 Å². The fourth-order valence-electron chi connectivity index (χ4n) is 3.55. The Hall–Kier alpha value is -3.96. The molecule has 35 heavy (non-hydrogen) atoms. The third kappa shape index (κ3) is 4.81. The van der Waals surface area contributed by atoms with Crippen molar-refractivity contribution in [3.8, 4) is 22.8 Å². The first kappa shape index (κ1) is 24.2. The molecule has 0 radical (unpaired) electrons. The largest absolute Gasteiger partial charge is 0.436 e. The molecule has 0 bridgehead atoms. The maximum absolute atomic E-state index is 12.6. The van der Waals surface area contributed by atoms with Crippen molar-refractivity contribution >= 4 is 26.7 Å². The zero-order chi connectivity index (χ0) is 25.2. The monoisotopic (exact) mass is 497 g/mol. The molecule has 11 heteroatoms. The molecule has 1 atom stereocenters. The molecule has 4 rings (SSSR count). The van der Waals surface area contributed by atoms with Crippen molar-refractivity contribution in [2.45, 2.75) is 24.6 Å². The molecular weight excluding hydrogens is 474 g/mol. The summed E-state index contributed by atoms with van der Waals surface area (Å²) < 4.78 is 34.7. The van der Waals surface area contributed by atoms with Gasteiger partial charge in [0, 0.05) is 25.1 Å². The van der Waals surface area contributed by atoms with Crippen LogP contribution in [0.15, 0.2) is 76.2 Å². The van der Waals surface area contributed by atoms with Crippen LogP contribution in [0, 0.1) is 0 Å². The molecule has 1 amide bonds. The number of carbonyl (C=O) groups is 1. The lowest BCUT2D eigenvalue weighted by Crippen LogP contribution is -2.49. The number of rotatable bonds is 8. The Balaban J connectivity index is 1.49. The number of carbonyl (C=O) groups excluding carboxylic acids is 1. The Morgan fingerprint density at radius 2 is 1.86 bits per heavy atom. The Kier molecular flexibility index (Phi) is 6.46. The van der Waals surface area contributed by atoms with Crippen LogP contribution in [0.4, 0.5) is 0 Å². The van der Waals surface area contributed by atoms with Gasteiger partial charge in [0.1, 0.15) is 5.75 Å². The van der Waals surface area contributed by atoms with Crippen LogP contribution < -0.4 is 15.8 Å². The number of aromatic nitrogens is 2. The summed E-state index contributed by atoms with van der Waals surface area (Å²) in [5.74, 6) is -0.152. The number of sulfone groups is 1. The third-order valence-corrected chi connectivity index (χ3v) is 8.00. The van der Waals surface area contributed by atoms with Crippen LogP contribution in [0.25, 0.3) is 22.1 Å². The minimum Gasteiger partial charge on any atom is -0.436 e. The SMILES string of the molecule is C[C@@](CCn1ccc(-c2ccc(Oc3noc4ccccc34)cc2)cc1=O)(C(=O)NO)S(C)(=O)=O. The molecule has 0 saturated carbocycles. The van der Waals surface area contributed by atoms with Gasteiger partial charge in [0.15, 0.2) is 20.2 Å². The number of hydroxylamine groups is 1. The van der Waals surface area contributed by atoms with E-state index in [1.165, 1.54) is 29.2 Å². The zero-order valence-electron chi connectivity index (χ0n) is 19.0. The van der Waals surface area contributed by atoms with Crippen molar-refractivity contribution in [3.05, 3.63) is 77.2 Å². The number of ether oxygens (including phenoxy) is 1. The van der Waals surface area contributed by atoms with Crippen LogP contribution in [0.5, 0.6) is 11.6 Å². The average Bonchev–Trinajstić information content (AvgIpc) is 3.25. The van der Waals surface area contributed by atoms with Crippen molar-refractivity contribution in [3.63, 3.8) is 0 Å². The van der Waals surface area contributed by atoms with Crippen LogP contribution in [-0.2, 0) is 21.2 Å². The van der Waals surface area contributed by atoms with E-state index in [-0.39, 0.29) is 18.5 Å². The summed E-state index contributed by atoms with van der Waals surface area (Å²) in [6.45, 7) is 1.17. The lowest BCUT2D eigenvalue weighted by Gasteiger charge is -2.25. The van der Waals surface area contributed by atoms with Crippen molar-refractivity contribution in [2.75, 3.05) is 6.26 Å². The molecule has 0 aliphatic rings. The summed E-state index contributed by atoms with van der Waals surface area (Å²) in [6.07, 6.45) is 2.25. The number of aryl methyl sites for hydroxylation is 1. The van der Waals surface area contributed by atoms with E-state index >= 15 is 0 Å². The van der Waals surface area contributed by atoms with Gasteiger partial charge < -0.3 is 13.8 Å². The second kappa shape index (κ2) is 9.35. The number of nitrogens with one attached hydrogen (secondary N) is 1. The minimum absolute atomic E-state index is 0.0332. The van der Waals surface area contributed by atoms with Crippen LogP contribution >= 0.6 is 0 Å². The fourth-order valence-corrected chi connectivity index (χ4v) is 4.40. The fraction of sp³-hybridized carbons (Fsp3) is 0.208. The maximum Gasteiger partial charge on any atom is 0.267 e. The minimum atomic E-state index is -3.85. The first-order valence-electron chi connectivity index (χ1n) is 10.6. The topological polar surface area (TPSA) is 141 Å². The second-order valence-electron chi connectivity index (χ2n) is 8.25. The van der Waals surface area contributed by atoms with Gasteiger partial charge >= 0.3 is 0 Å². The Bertz CT molecular complexity index is 1540. The third-order valence-electron chi connectivity index (χ3n) is 5.97. The van der Waals surface area contributed by atoms with Gasteiger partial charge in [-0.1, -0.05) is 24.3 Å². The van der Waals surface area contributed by atoms with E-state index in [0.717, 1.165) is 17.2 Å². The maximum atomic E-state index is 12.6. The van der Waals surface area contributed by atoms with Crippen molar-refractivity contribution < 1.29 is 27.7 Å². The normalized spacial score (nSPS) is 13.3. The number of nitrogens with zero attached hydrogens (tertiary/aromatic N) is 2. The highest BCUT2D eigenvalue weighted by molar-refractivity contribution is 7.92. The van der Waals surface area contributed by atoms with Crippen molar-refractivity contribution in [2.24, 2.45) is 0 Å². The predicted octanol–water partition coefficient (Wildman–Crippen LogP) is 3.15. The van der Waals surface area contributed by atoms with E-state index in [4.69, 9.17) is 14.5 Å². The predicted molar refractivity (Wildman–Crippen MR) is 128 cm³/mol. The number of hydrogen-bond donors (Lipinski definition) is 2. The van der Waals surface area contributed by atoms with Gasteiger partial charge in [-0.15, -0.1) is 0 Å². The Morgan fingerprint density at radius 3 is 2.51 bits per heavy atom. The molecular formula is C24H23N3O7S. The van der Waals surface area contributed by atoms with Crippen molar-refractivity contribution in [1.29, 1.82) is 0 Å². The standard InChI is InChI=1S/C24H23N3O7S/c1-24(23(29)25-30,35(2,31)32)12-14-27-13-11-17(15-21(27)28)16-7-9-18(10-8-16)33-22-19-5-3-4-6-20(19)34-26-22/h3-11,13,15,30H,12,14H2,1-2H3,(H,25,29)/t24-/m1/s1. The lowest BCUT2D eigenvalue weighted by molar-refractivity contribution is -0.131. The summed E-state index contributed by atoms with van der Waals surface area (Å²) >= 11 is 0. The van der Waals surface area contributed by atoms with Crippen LogP contribution in [0.3, 0.4) is 0 Å². The summed E-state index contributed by atoms with van der Waals surface area (Å²) in [5, 5.41) is 13.6. The zero-order valence-corrected chi connectivity index (χ0v) is 19.8. The molecule has 2 heterocycles. The van der Waals surface area contributed by atoms with Gasteiger partial charge in [-0.3, -0.25) is 14.8 Å². The molecule has 2 N–H and O–H groups in total. The van der Waals surface area contributed by atoms with Crippen LogP contribution in [0.2, 0.25) is 0 Å². The van der Waals surface area contributed by atoms with Gasteiger partial charge in [0.05, 0.1) is 5.39 Å². The molecule has 2 aromatic heterocycles. The highest BCUT2D eigenvalue weighted by Crippen LogP contribution is 2.30. The van der Waals surface area contributed by atoms with E-state index < -0.39 is 20.5 Å². The summed E-state index contributed by atoms with van der Waals surface area (Å²) in [4.78, 5) is 24.6. The Labute approximate surface area is 200 Å². The highest BCUT2D eigenvalue weighted by Gasteiger charge is 2.43. The molecule has 2 aromatic carbocycles. The molecule has 0 unspecified atom stereocenters. The average molecular weight is 498 g/mol. The quantitative estimate of drug-likeness (QED) is 0.279. The van der Waals surface area contributed by atoms with E-state index in [1.54, 1.807) is 36.4 Å². The smallest absolute Gasteiger partial charge is 0.267 e. The van der Waals surface area contributed by atoms with E-state index in [9.17, 15) is 18.0 Å². The van der Waals surface area contributed by atoms with Gasteiger partial charge in [-0.25, -0.2) is 13.9 Å². The van der Waals surface area contributed by atoms with Crippen LogP contribution in [-0.4, -0.2) is 40.3 Å². The van der Waals surface area contributed by atoms with Gasteiger partial charge in [0.25, 0.3) is 17.3 Å². The Morgan fingerprint density at radius 1 is 1.14 bits per heavy atom. The summed E-state index contributed by atoms with van der Waals surface area (Å²) in [7, 11) is -3.85. The molecule has 0 saturated heterocycles. The van der Waals surface area contributed by atoms with E-state index in [0.29, 0.717) is 22.8 Å². The van der Waals surface area contributed by atoms with Crippen molar-refractivity contribution in [1.82, 2.24) is 15.2 Å². The summed E-state index contributed by atoms with van der Waals surface area (Å²) in [5.41, 5.74) is 3.08. The van der Waals surface area contributed by atoms with Gasteiger partial charge in [-0.05, 0) is 60.0 Å². The highest BCUT2D eigenvalue weighted by atomic mass is 32.2. The number of pyridine rings is 1.